The monoisotopic (exact) mass is 334 g/mol. The van der Waals surface area contributed by atoms with Crippen LogP contribution in [0.25, 0.3) is 0 Å². The first-order valence-corrected chi connectivity index (χ1v) is 6.97. The van der Waals surface area contributed by atoms with Crippen LogP contribution in [0.5, 0.6) is 0 Å². The van der Waals surface area contributed by atoms with E-state index in [1.165, 1.54) is 12.1 Å². The van der Waals surface area contributed by atoms with Gasteiger partial charge in [0.2, 0.25) is 5.91 Å². The van der Waals surface area contributed by atoms with E-state index in [4.69, 9.17) is 5.73 Å². The van der Waals surface area contributed by atoms with Crippen LogP contribution in [0.3, 0.4) is 0 Å². The van der Waals surface area contributed by atoms with Gasteiger partial charge in [0.25, 0.3) is 0 Å². The molecule has 3 nitrogen and oxygen atoms in total. The molecule has 0 aromatic heterocycles. The smallest absolute Gasteiger partial charge is 0.248 e. The molecular formula is C15H12BrFN2O. The Morgan fingerprint density at radius 1 is 1.25 bits per heavy atom. The lowest BCUT2D eigenvalue weighted by atomic mass is 10.1. The molecule has 0 spiro atoms. The van der Waals surface area contributed by atoms with Crippen molar-refractivity contribution in [2.45, 2.75) is 12.6 Å². The molecule has 2 N–H and O–H groups in total. The van der Waals surface area contributed by atoms with Crippen LogP contribution in [-0.4, -0.2) is 5.91 Å². The van der Waals surface area contributed by atoms with Gasteiger partial charge in [-0.15, -0.1) is 0 Å². The third-order valence-corrected chi connectivity index (χ3v) is 4.09. The van der Waals surface area contributed by atoms with Gasteiger partial charge in [-0.1, -0.05) is 34.1 Å². The first kappa shape index (κ1) is 13.3. The minimum atomic E-state index is -0.672. The Balaban J connectivity index is 2.00. The molecule has 2 aromatic rings. The van der Waals surface area contributed by atoms with Gasteiger partial charge in [0.15, 0.2) is 0 Å². The number of nitrogens with zero attached hydrogens (tertiary/aromatic N) is 1. The molecule has 102 valence electrons. The number of hydrogen-bond donors (Lipinski definition) is 1. The lowest BCUT2D eigenvalue weighted by Crippen LogP contribution is -2.31. The number of halogens is 2. The summed E-state index contributed by atoms with van der Waals surface area (Å²) in [6.45, 7) is 0.313. The number of anilines is 1. The molecule has 0 saturated carbocycles. The number of carbonyl (C=O) groups excluding carboxylic acids is 1. The summed E-state index contributed by atoms with van der Waals surface area (Å²) < 4.78 is 14.1. The van der Waals surface area contributed by atoms with Gasteiger partial charge in [-0.2, -0.15) is 0 Å². The van der Waals surface area contributed by atoms with Gasteiger partial charge in [0.05, 0.1) is 12.2 Å². The van der Waals surface area contributed by atoms with Crippen molar-refractivity contribution < 1.29 is 9.18 Å². The SMILES string of the molecule is NC1C(=O)N(Cc2cccc(F)c2)c2cccc(Br)c21. The van der Waals surface area contributed by atoms with E-state index >= 15 is 0 Å². The molecule has 3 rings (SSSR count). The molecule has 1 aliphatic rings. The highest BCUT2D eigenvalue weighted by molar-refractivity contribution is 9.10. The summed E-state index contributed by atoms with van der Waals surface area (Å²) in [5.74, 6) is -0.482. The Morgan fingerprint density at radius 3 is 2.75 bits per heavy atom. The largest absolute Gasteiger partial charge is 0.316 e. The van der Waals surface area contributed by atoms with Gasteiger partial charge in [0.1, 0.15) is 11.9 Å². The molecule has 2 aromatic carbocycles. The summed E-state index contributed by atoms with van der Waals surface area (Å²) in [4.78, 5) is 13.9. The average Bonchev–Trinajstić information content (AvgIpc) is 2.65. The molecule has 1 aliphatic heterocycles. The summed E-state index contributed by atoms with van der Waals surface area (Å²) in [6, 6.07) is 11.1. The number of benzene rings is 2. The van der Waals surface area contributed by atoms with Gasteiger partial charge in [-0.3, -0.25) is 4.79 Å². The normalized spacial score (nSPS) is 17.4. The molecule has 0 radical (unpaired) electrons. The Bertz CT molecular complexity index is 689. The van der Waals surface area contributed by atoms with E-state index < -0.39 is 6.04 Å². The Kier molecular flexibility index (Phi) is 3.31. The van der Waals surface area contributed by atoms with E-state index in [1.807, 2.05) is 18.2 Å². The maximum absolute atomic E-state index is 13.2. The van der Waals surface area contributed by atoms with E-state index in [0.29, 0.717) is 6.54 Å². The topological polar surface area (TPSA) is 46.3 Å². The predicted molar refractivity (Wildman–Crippen MR) is 78.7 cm³/mol. The predicted octanol–water partition coefficient (Wildman–Crippen LogP) is 3.13. The summed E-state index contributed by atoms with van der Waals surface area (Å²) in [5, 5.41) is 0. The fraction of sp³-hybridized carbons (Fsp3) is 0.133. The molecule has 1 amide bonds. The van der Waals surface area contributed by atoms with E-state index in [-0.39, 0.29) is 11.7 Å². The quantitative estimate of drug-likeness (QED) is 0.917. The molecule has 1 atom stereocenters. The average molecular weight is 335 g/mol. The fourth-order valence-electron chi connectivity index (χ4n) is 2.46. The summed E-state index contributed by atoms with van der Waals surface area (Å²) >= 11 is 3.42. The van der Waals surface area contributed by atoms with Crippen LogP contribution in [-0.2, 0) is 11.3 Å². The minimum absolute atomic E-state index is 0.170. The fourth-order valence-corrected chi connectivity index (χ4v) is 3.06. The highest BCUT2D eigenvalue weighted by Crippen LogP contribution is 2.39. The maximum Gasteiger partial charge on any atom is 0.248 e. The highest BCUT2D eigenvalue weighted by Gasteiger charge is 2.36. The van der Waals surface area contributed by atoms with Crippen molar-refractivity contribution in [2.24, 2.45) is 5.73 Å². The van der Waals surface area contributed by atoms with Gasteiger partial charge in [-0.05, 0) is 29.8 Å². The first-order chi connectivity index (χ1) is 9.58. The molecule has 1 heterocycles. The van der Waals surface area contributed by atoms with E-state index in [2.05, 4.69) is 15.9 Å². The van der Waals surface area contributed by atoms with Crippen molar-refractivity contribution in [3.8, 4) is 0 Å². The molecule has 0 fully saturated rings. The summed E-state index contributed by atoms with van der Waals surface area (Å²) in [7, 11) is 0. The molecule has 1 unspecified atom stereocenters. The zero-order valence-electron chi connectivity index (χ0n) is 10.5. The zero-order chi connectivity index (χ0) is 14.3. The van der Waals surface area contributed by atoms with E-state index in [0.717, 1.165) is 21.3 Å². The third kappa shape index (κ3) is 2.13. The van der Waals surface area contributed by atoms with E-state index in [1.54, 1.807) is 17.0 Å². The Hall–Kier alpha value is -1.72. The van der Waals surface area contributed by atoms with Crippen LogP contribution < -0.4 is 10.6 Å². The van der Waals surface area contributed by atoms with Gasteiger partial charge >= 0.3 is 0 Å². The van der Waals surface area contributed by atoms with Crippen molar-refractivity contribution in [1.82, 2.24) is 0 Å². The lowest BCUT2D eigenvalue weighted by Gasteiger charge is -2.17. The first-order valence-electron chi connectivity index (χ1n) is 6.18. The standard InChI is InChI=1S/C15H12BrFN2O/c16-11-5-2-6-12-13(11)14(18)15(20)19(12)8-9-3-1-4-10(17)7-9/h1-7,14H,8,18H2. The number of nitrogens with two attached hydrogens (primary N) is 1. The second kappa shape index (κ2) is 5.00. The van der Waals surface area contributed by atoms with Crippen LogP contribution >= 0.6 is 15.9 Å². The third-order valence-electron chi connectivity index (χ3n) is 3.39. The molecule has 0 saturated heterocycles. The molecule has 5 heteroatoms. The molecule has 20 heavy (non-hydrogen) atoms. The van der Waals surface area contributed by atoms with Crippen molar-refractivity contribution in [2.75, 3.05) is 4.90 Å². The van der Waals surface area contributed by atoms with Gasteiger partial charge in [-0.25, -0.2) is 4.39 Å². The van der Waals surface area contributed by atoms with Crippen LogP contribution in [0.1, 0.15) is 17.2 Å². The molecular weight excluding hydrogens is 323 g/mol. The Morgan fingerprint density at radius 2 is 2.00 bits per heavy atom. The van der Waals surface area contributed by atoms with Crippen molar-refractivity contribution in [3.05, 3.63) is 63.9 Å². The van der Waals surface area contributed by atoms with Crippen LogP contribution in [0.2, 0.25) is 0 Å². The number of fused-ring (bicyclic) bond motifs is 1. The van der Waals surface area contributed by atoms with Crippen LogP contribution in [0.15, 0.2) is 46.9 Å². The zero-order valence-corrected chi connectivity index (χ0v) is 12.1. The second-order valence-corrected chi connectivity index (χ2v) is 5.56. The summed E-state index contributed by atoms with van der Waals surface area (Å²) in [5.41, 5.74) is 8.27. The molecule has 0 bridgehead atoms. The van der Waals surface area contributed by atoms with Crippen molar-refractivity contribution >= 4 is 27.5 Å². The van der Waals surface area contributed by atoms with Crippen LogP contribution in [0.4, 0.5) is 10.1 Å². The van der Waals surface area contributed by atoms with E-state index in [9.17, 15) is 9.18 Å². The Labute approximate surface area is 124 Å². The maximum atomic E-state index is 13.2. The van der Waals surface area contributed by atoms with Crippen molar-refractivity contribution in [1.29, 1.82) is 0 Å². The van der Waals surface area contributed by atoms with Crippen molar-refractivity contribution in [3.63, 3.8) is 0 Å². The number of rotatable bonds is 2. The number of carbonyl (C=O) groups is 1. The van der Waals surface area contributed by atoms with Gasteiger partial charge in [0, 0.05) is 10.0 Å². The highest BCUT2D eigenvalue weighted by atomic mass is 79.9. The number of amides is 1. The molecule has 0 aliphatic carbocycles. The lowest BCUT2D eigenvalue weighted by molar-refractivity contribution is -0.119. The summed E-state index contributed by atoms with van der Waals surface area (Å²) in [6.07, 6.45) is 0. The second-order valence-electron chi connectivity index (χ2n) is 4.70. The minimum Gasteiger partial charge on any atom is -0.316 e. The van der Waals surface area contributed by atoms with Crippen LogP contribution in [0, 0.1) is 5.82 Å². The number of hydrogen-bond acceptors (Lipinski definition) is 2. The van der Waals surface area contributed by atoms with Gasteiger partial charge < -0.3 is 10.6 Å².